The summed E-state index contributed by atoms with van der Waals surface area (Å²) < 4.78 is 0. The lowest BCUT2D eigenvalue weighted by molar-refractivity contribution is 1.17. The van der Waals surface area contributed by atoms with Gasteiger partial charge in [0.05, 0.1) is 17.1 Å². The van der Waals surface area contributed by atoms with E-state index in [1.54, 1.807) is 7.05 Å². The Labute approximate surface area is 218 Å². The highest BCUT2D eigenvalue weighted by atomic mass is 15.1. The van der Waals surface area contributed by atoms with E-state index in [4.69, 9.17) is 0 Å². The van der Waals surface area contributed by atoms with Crippen molar-refractivity contribution in [2.75, 3.05) is 7.05 Å². The van der Waals surface area contributed by atoms with Gasteiger partial charge in [-0.05, 0) is 36.4 Å². The average Bonchev–Trinajstić information content (AvgIpc) is 3.00. The molecule has 0 atom stereocenters. The molecule has 0 amide bonds. The van der Waals surface area contributed by atoms with Gasteiger partial charge in [-0.15, -0.1) is 0 Å². The molecule has 35 heavy (non-hydrogen) atoms. The van der Waals surface area contributed by atoms with Gasteiger partial charge in [-0.1, -0.05) is 138 Å². The molecule has 0 saturated carbocycles. The highest BCUT2D eigenvalue weighted by molar-refractivity contribution is 5.39. The summed E-state index contributed by atoms with van der Waals surface area (Å²) in [6, 6.07) is 29.0. The van der Waals surface area contributed by atoms with Gasteiger partial charge in [-0.25, -0.2) is 0 Å². The van der Waals surface area contributed by atoms with E-state index in [1.165, 1.54) is 0 Å². The van der Waals surface area contributed by atoms with Gasteiger partial charge in [-0.2, -0.15) is 20.5 Å². The van der Waals surface area contributed by atoms with Gasteiger partial charge in [0.25, 0.3) is 0 Å². The summed E-state index contributed by atoms with van der Waals surface area (Å²) in [6.45, 7) is 24.0. The topological polar surface area (TPSA) is 49.4 Å². The molecule has 4 heteroatoms. The molecule has 0 unspecified atom stereocenters. The van der Waals surface area contributed by atoms with E-state index in [9.17, 15) is 0 Å². The highest BCUT2D eigenvalue weighted by Crippen LogP contribution is 2.16. The summed E-state index contributed by atoms with van der Waals surface area (Å²) >= 11 is 0. The van der Waals surface area contributed by atoms with Crippen LogP contribution in [0.1, 0.15) is 83.1 Å². The van der Waals surface area contributed by atoms with Crippen molar-refractivity contribution in [1.29, 1.82) is 0 Å². The summed E-state index contributed by atoms with van der Waals surface area (Å²) in [5.41, 5.74) is 2.65. The zero-order valence-electron chi connectivity index (χ0n) is 24.9. The predicted molar refractivity (Wildman–Crippen MR) is 162 cm³/mol. The molecule has 3 aromatic rings. The van der Waals surface area contributed by atoms with E-state index in [0.29, 0.717) is 0 Å². The van der Waals surface area contributed by atoms with Crippen molar-refractivity contribution in [3.63, 3.8) is 0 Å². The third-order valence-electron chi connectivity index (χ3n) is 2.76. The quantitative estimate of drug-likeness (QED) is 0.333. The molecule has 0 spiro atoms. The fourth-order valence-electron chi connectivity index (χ4n) is 1.71. The molecule has 0 aliphatic heterocycles. The SMILES string of the molecule is CC.CC.CC.CC.CC.CC.CN=Nc1ccccc1.c1ccc(N=Nc2ccccc2)cc1. The second-order valence-electron chi connectivity index (χ2n) is 4.51. The molecule has 4 nitrogen and oxygen atoms in total. The van der Waals surface area contributed by atoms with E-state index in [1.807, 2.05) is 174 Å². The van der Waals surface area contributed by atoms with Crippen molar-refractivity contribution >= 4 is 17.1 Å². The van der Waals surface area contributed by atoms with Crippen LogP contribution in [0.5, 0.6) is 0 Å². The minimum atomic E-state index is 0.872. The first-order chi connectivity index (χ1) is 17.4. The van der Waals surface area contributed by atoms with Gasteiger partial charge < -0.3 is 0 Å². The zero-order valence-corrected chi connectivity index (χ0v) is 24.9. The monoisotopic (exact) mass is 482 g/mol. The molecule has 0 fully saturated rings. The Morgan fingerprint density at radius 2 is 0.514 bits per heavy atom. The molecule has 0 N–H and O–H groups in total. The molecule has 3 rings (SSSR count). The van der Waals surface area contributed by atoms with E-state index in [-0.39, 0.29) is 0 Å². The smallest absolute Gasteiger partial charge is 0.0857 e. The summed E-state index contributed by atoms with van der Waals surface area (Å²) in [6.07, 6.45) is 0. The first-order valence-electron chi connectivity index (χ1n) is 13.3. The minimum absolute atomic E-state index is 0.872. The molecule has 0 aromatic heterocycles. The second-order valence-corrected chi connectivity index (χ2v) is 4.51. The van der Waals surface area contributed by atoms with Crippen molar-refractivity contribution in [1.82, 2.24) is 0 Å². The number of nitrogens with zero attached hydrogens (tertiary/aromatic N) is 4. The van der Waals surface area contributed by atoms with Crippen LogP contribution in [-0.4, -0.2) is 7.05 Å². The van der Waals surface area contributed by atoms with E-state index in [0.717, 1.165) is 17.1 Å². The summed E-state index contributed by atoms with van der Waals surface area (Å²) in [5, 5.41) is 15.7. The predicted octanol–water partition coefficient (Wildman–Crippen LogP) is 12.7. The molecule has 0 saturated heterocycles. The van der Waals surface area contributed by atoms with E-state index in [2.05, 4.69) is 20.5 Å². The van der Waals surface area contributed by atoms with E-state index < -0.39 is 0 Å². The molecule has 0 bridgehead atoms. The lowest BCUT2D eigenvalue weighted by Crippen LogP contribution is -1.62. The zero-order chi connectivity index (χ0) is 28.2. The lowest BCUT2D eigenvalue weighted by Gasteiger charge is -1.91. The first-order valence-corrected chi connectivity index (χ1v) is 13.3. The number of hydrogen-bond donors (Lipinski definition) is 0. The van der Waals surface area contributed by atoms with E-state index >= 15 is 0 Å². The van der Waals surface area contributed by atoms with Crippen LogP contribution in [0.3, 0.4) is 0 Å². The Bertz CT molecular complexity index is 684. The molecule has 0 heterocycles. The standard InChI is InChI=1S/C12H10N2.C7H8N2.6C2H6/c1-3-7-11(8-4-1)13-14-12-9-5-2-6-10-12;1-8-9-7-5-3-2-4-6-7;6*1-2/h1-10H;2-6H,1H3;6*1-2H3. The van der Waals surface area contributed by atoms with Gasteiger partial charge in [0.1, 0.15) is 0 Å². The molecular weight excluding hydrogens is 428 g/mol. The largest absolute Gasteiger partial charge is 0.192 e. The maximum absolute atomic E-state index is 4.10. The van der Waals surface area contributed by atoms with Crippen molar-refractivity contribution in [3.8, 4) is 0 Å². The molecular formula is C31H54N4. The van der Waals surface area contributed by atoms with Gasteiger partial charge in [0, 0.05) is 7.05 Å². The molecule has 0 aliphatic rings. The Hall–Kier alpha value is -3.14. The fourth-order valence-corrected chi connectivity index (χ4v) is 1.71. The Morgan fingerprint density at radius 1 is 0.314 bits per heavy atom. The Balaban J connectivity index is -0.000000124. The highest BCUT2D eigenvalue weighted by Gasteiger charge is 1.86. The molecule has 0 aliphatic carbocycles. The number of benzene rings is 3. The summed E-state index contributed by atoms with van der Waals surface area (Å²) in [5.74, 6) is 0. The van der Waals surface area contributed by atoms with Crippen molar-refractivity contribution < 1.29 is 0 Å². The third kappa shape index (κ3) is 30.9. The Kier molecular flexibility index (Phi) is 53.5. The van der Waals surface area contributed by atoms with Crippen LogP contribution < -0.4 is 0 Å². The number of azo groups is 2. The second kappa shape index (κ2) is 44.5. The molecule has 0 radical (unpaired) electrons. The first kappa shape index (κ1) is 42.1. The van der Waals surface area contributed by atoms with Crippen LogP contribution in [0.2, 0.25) is 0 Å². The van der Waals surface area contributed by atoms with Gasteiger partial charge in [0.2, 0.25) is 0 Å². The normalized spacial score (nSPS) is 7.91. The lowest BCUT2D eigenvalue weighted by atomic mass is 10.3. The van der Waals surface area contributed by atoms with Crippen molar-refractivity contribution in [2.24, 2.45) is 20.5 Å². The van der Waals surface area contributed by atoms with Crippen LogP contribution >= 0.6 is 0 Å². The van der Waals surface area contributed by atoms with Crippen LogP contribution in [0.25, 0.3) is 0 Å². The summed E-state index contributed by atoms with van der Waals surface area (Å²) in [4.78, 5) is 0. The van der Waals surface area contributed by atoms with Crippen molar-refractivity contribution in [3.05, 3.63) is 91.0 Å². The maximum atomic E-state index is 4.10. The van der Waals surface area contributed by atoms with Crippen LogP contribution in [0, 0.1) is 0 Å². The van der Waals surface area contributed by atoms with Crippen molar-refractivity contribution in [2.45, 2.75) is 83.1 Å². The minimum Gasteiger partial charge on any atom is -0.192 e. The van der Waals surface area contributed by atoms with Gasteiger partial charge in [-0.3, -0.25) is 0 Å². The average molecular weight is 483 g/mol. The van der Waals surface area contributed by atoms with Crippen LogP contribution in [0.4, 0.5) is 17.1 Å². The third-order valence-corrected chi connectivity index (χ3v) is 2.76. The number of hydrogen-bond acceptors (Lipinski definition) is 4. The molecule has 3 aromatic carbocycles. The van der Waals surface area contributed by atoms with Gasteiger partial charge >= 0.3 is 0 Å². The number of rotatable bonds is 3. The fraction of sp³-hybridized carbons (Fsp3) is 0.419. The molecule has 198 valence electrons. The Morgan fingerprint density at radius 3 is 0.714 bits per heavy atom. The maximum Gasteiger partial charge on any atom is 0.0857 e. The summed E-state index contributed by atoms with van der Waals surface area (Å²) in [7, 11) is 1.66. The van der Waals surface area contributed by atoms with Crippen LogP contribution in [-0.2, 0) is 0 Å². The van der Waals surface area contributed by atoms with Gasteiger partial charge in [0.15, 0.2) is 0 Å². The van der Waals surface area contributed by atoms with Crippen LogP contribution in [0.15, 0.2) is 111 Å².